The lowest BCUT2D eigenvalue weighted by Crippen LogP contribution is -3.28. The van der Waals surface area contributed by atoms with Gasteiger partial charge in [-0.2, -0.15) is 0 Å². The minimum Gasteiger partial charge on any atom is -0.322 e. The van der Waals surface area contributed by atoms with Crippen LogP contribution in [0.1, 0.15) is 11.1 Å². The van der Waals surface area contributed by atoms with Crippen molar-refractivity contribution in [3.8, 4) is 0 Å². The molecule has 148 valence electrons. The van der Waals surface area contributed by atoms with Crippen molar-refractivity contribution < 1.29 is 23.8 Å². The average molecular weight is 386 g/mol. The van der Waals surface area contributed by atoms with Crippen LogP contribution in [0.4, 0.5) is 14.9 Å². The lowest BCUT2D eigenvalue weighted by Gasteiger charge is -2.29. The molecule has 0 spiro atoms. The number of aryl methyl sites for hydroxylation is 1. The number of quaternary nitrogens is 2. The Morgan fingerprint density at radius 2 is 1.61 bits per heavy atom. The molecular weight excluding hydrogens is 359 g/mol. The van der Waals surface area contributed by atoms with Crippen LogP contribution in [-0.2, 0) is 11.3 Å². The summed E-state index contributed by atoms with van der Waals surface area (Å²) in [6, 6.07) is 13.6. The standard InChI is InChI=1S/C21H25FN4O2/c1-16-6-2-3-7-17(16)14-25-10-12-26(13-11-25)15-20(27)24-21(28)23-19-9-5-4-8-18(19)22/h2-9H,10-15H2,1H3,(H2,23,24,27,28)/p+2. The Hall–Kier alpha value is -2.77. The summed E-state index contributed by atoms with van der Waals surface area (Å²) in [6.45, 7) is 7.09. The van der Waals surface area contributed by atoms with E-state index < -0.39 is 11.8 Å². The second-order valence-electron chi connectivity index (χ2n) is 7.26. The maximum atomic E-state index is 13.5. The topological polar surface area (TPSA) is 67.1 Å². The Labute approximate surface area is 164 Å². The molecule has 4 N–H and O–H groups in total. The van der Waals surface area contributed by atoms with Gasteiger partial charge in [0.15, 0.2) is 6.54 Å². The Morgan fingerprint density at radius 1 is 0.964 bits per heavy atom. The van der Waals surface area contributed by atoms with E-state index in [9.17, 15) is 14.0 Å². The zero-order chi connectivity index (χ0) is 19.9. The molecule has 6 nitrogen and oxygen atoms in total. The van der Waals surface area contributed by atoms with Gasteiger partial charge < -0.3 is 15.1 Å². The number of hydrogen-bond donors (Lipinski definition) is 4. The molecule has 3 rings (SSSR count). The molecule has 1 heterocycles. The number of imide groups is 1. The third-order valence-corrected chi connectivity index (χ3v) is 5.15. The van der Waals surface area contributed by atoms with Crippen molar-refractivity contribution in [2.45, 2.75) is 13.5 Å². The second kappa shape index (κ2) is 9.43. The van der Waals surface area contributed by atoms with Gasteiger partial charge >= 0.3 is 6.03 Å². The van der Waals surface area contributed by atoms with E-state index in [1.807, 2.05) is 0 Å². The molecule has 0 unspecified atom stereocenters. The Kier molecular flexibility index (Phi) is 6.73. The fourth-order valence-corrected chi connectivity index (χ4v) is 3.50. The number of urea groups is 1. The van der Waals surface area contributed by atoms with E-state index in [2.05, 4.69) is 41.8 Å². The summed E-state index contributed by atoms with van der Waals surface area (Å²) in [5, 5.41) is 4.64. The highest BCUT2D eigenvalue weighted by atomic mass is 19.1. The molecule has 1 aliphatic rings. The van der Waals surface area contributed by atoms with E-state index in [-0.39, 0.29) is 18.1 Å². The number of carbonyl (C=O) groups is 2. The van der Waals surface area contributed by atoms with Crippen LogP contribution in [0.3, 0.4) is 0 Å². The van der Waals surface area contributed by atoms with Gasteiger partial charge in [-0.1, -0.05) is 36.4 Å². The quantitative estimate of drug-likeness (QED) is 0.573. The van der Waals surface area contributed by atoms with Crippen LogP contribution in [0.25, 0.3) is 0 Å². The van der Waals surface area contributed by atoms with Crippen LogP contribution >= 0.6 is 0 Å². The molecule has 3 amide bonds. The van der Waals surface area contributed by atoms with Crippen LogP contribution in [-0.4, -0.2) is 44.7 Å². The van der Waals surface area contributed by atoms with Crippen LogP contribution in [0.2, 0.25) is 0 Å². The number of halogens is 1. The molecule has 1 saturated heterocycles. The fourth-order valence-electron chi connectivity index (χ4n) is 3.50. The van der Waals surface area contributed by atoms with Crippen molar-refractivity contribution >= 4 is 17.6 Å². The molecule has 7 heteroatoms. The minimum atomic E-state index is -0.710. The summed E-state index contributed by atoms with van der Waals surface area (Å²) in [6.07, 6.45) is 0. The van der Waals surface area contributed by atoms with Crippen molar-refractivity contribution in [3.63, 3.8) is 0 Å². The molecule has 28 heavy (non-hydrogen) atoms. The predicted octanol–water partition coefficient (Wildman–Crippen LogP) is -0.234. The first-order valence-corrected chi connectivity index (χ1v) is 9.58. The van der Waals surface area contributed by atoms with Gasteiger partial charge in [0.1, 0.15) is 38.5 Å². The lowest BCUT2D eigenvalue weighted by atomic mass is 10.1. The summed E-state index contributed by atoms with van der Waals surface area (Å²) in [4.78, 5) is 26.7. The molecule has 1 fully saturated rings. The van der Waals surface area contributed by atoms with Crippen LogP contribution in [0, 0.1) is 12.7 Å². The highest BCUT2D eigenvalue weighted by Crippen LogP contribution is 2.11. The number of hydrogen-bond acceptors (Lipinski definition) is 2. The summed E-state index contributed by atoms with van der Waals surface area (Å²) < 4.78 is 13.5. The SMILES string of the molecule is Cc1ccccc1C[NH+]1CC[NH+](CC(=O)NC(=O)Nc2ccccc2F)CC1. The van der Waals surface area contributed by atoms with Gasteiger partial charge in [-0.25, -0.2) is 9.18 Å². The molecule has 0 atom stereocenters. The molecule has 0 aliphatic carbocycles. The highest BCUT2D eigenvalue weighted by Gasteiger charge is 2.25. The van der Waals surface area contributed by atoms with Crippen molar-refractivity contribution in [2.75, 3.05) is 38.0 Å². The van der Waals surface area contributed by atoms with Crippen LogP contribution in [0.15, 0.2) is 48.5 Å². The molecule has 0 aromatic heterocycles. The number of amides is 3. The van der Waals surface area contributed by atoms with Crippen LogP contribution < -0.4 is 20.4 Å². The van der Waals surface area contributed by atoms with Gasteiger partial charge in [0.05, 0.1) is 5.69 Å². The van der Waals surface area contributed by atoms with E-state index in [4.69, 9.17) is 0 Å². The van der Waals surface area contributed by atoms with E-state index in [1.54, 1.807) is 6.07 Å². The van der Waals surface area contributed by atoms with E-state index in [1.165, 1.54) is 34.2 Å². The normalized spacial score (nSPS) is 19.1. The molecule has 2 aromatic carbocycles. The molecule has 0 bridgehead atoms. The van der Waals surface area contributed by atoms with Gasteiger partial charge in [-0.3, -0.25) is 10.1 Å². The zero-order valence-corrected chi connectivity index (χ0v) is 16.1. The number of anilines is 1. The molecule has 0 radical (unpaired) electrons. The first-order chi connectivity index (χ1) is 13.5. The van der Waals surface area contributed by atoms with Gasteiger partial charge in [0.2, 0.25) is 0 Å². The van der Waals surface area contributed by atoms with Gasteiger partial charge in [-0.15, -0.1) is 0 Å². The average Bonchev–Trinajstić information content (AvgIpc) is 2.67. The number of para-hydroxylation sites is 1. The maximum absolute atomic E-state index is 13.5. The monoisotopic (exact) mass is 386 g/mol. The van der Waals surface area contributed by atoms with Gasteiger partial charge in [0, 0.05) is 5.56 Å². The number of carbonyl (C=O) groups excluding carboxylic acids is 2. The Balaban J connectivity index is 1.40. The number of nitrogens with one attached hydrogen (secondary N) is 4. The third kappa shape index (κ3) is 5.61. The van der Waals surface area contributed by atoms with Crippen molar-refractivity contribution in [1.29, 1.82) is 0 Å². The summed E-state index contributed by atoms with van der Waals surface area (Å²) in [5.74, 6) is -0.894. The summed E-state index contributed by atoms with van der Waals surface area (Å²) >= 11 is 0. The fraction of sp³-hybridized carbons (Fsp3) is 0.333. The van der Waals surface area contributed by atoms with E-state index >= 15 is 0 Å². The van der Waals surface area contributed by atoms with E-state index in [0.29, 0.717) is 0 Å². The number of rotatable bonds is 5. The van der Waals surface area contributed by atoms with Gasteiger partial charge in [0.25, 0.3) is 5.91 Å². The second-order valence-corrected chi connectivity index (χ2v) is 7.26. The number of benzene rings is 2. The predicted molar refractivity (Wildman–Crippen MR) is 105 cm³/mol. The van der Waals surface area contributed by atoms with E-state index in [0.717, 1.165) is 37.6 Å². The van der Waals surface area contributed by atoms with Crippen molar-refractivity contribution in [2.24, 2.45) is 0 Å². The lowest BCUT2D eigenvalue weighted by molar-refractivity contribution is -1.02. The minimum absolute atomic E-state index is 0.0496. The largest absolute Gasteiger partial charge is 0.326 e. The van der Waals surface area contributed by atoms with Crippen LogP contribution in [0.5, 0.6) is 0 Å². The zero-order valence-electron chi connectivity index (χ0n) is 16.1. The first-order valence-electron chi connectivity index (χ1n) is 9.58. The molecule has 0 saturated carbocycles. The third-order valence-electron chi connectivity index (χ3n) is 5.15. The smallest absolute Gasteiger partial charge is 0.322 e. The molecule has 1 aliphatic heterocycles. The van der Waals surface area contributed by atoms with Crippen molar-refractivity contribution in [1.82, 2.24) is 5.32 Å². The number of piperazine rings is 1. The molecular formula is C21H27FN4O2+2. The van der Waals surface area contributed by atoms with Gasteiger partial charge in [-0.05, 0) is 24.6 Å². The highest BCUT2D eigenvalue weighted by molar-refractivity contribution is 6.01. The summed E-state index contributed by atoms with van der Waals surface area (Å²) in [7, 11) is 0. The Bertz CT molecular complexity index is 835. The van der Waals surface area contributed by atoms with Crippen molar-refractivity contribution in [3.05, 3.63) is 65.5 Å². The maximum Gasteiger partial charge on any atom is 0.326 e. The first kappa shape index (κ1) is 20.0. The molecule has 2 aromatic rings. The summed E-state index contributed by atoms with van der Waals surface area (Å²) in [5.41, 5.74) is 2.72. The Morgan fingerprint density at radius 3 is 2.32 bits per heavy atom.